The number of hydrogen-bond acceptors (Lipinski definition) is 2. The van der Waals surface area contributed by atoms with E-state index in [1.54, 1.807) is 12.1 Å². The Morgan fingerprint density at radius 1 is 0.864 bits per heavy atom. The third kappa shape index (κ3) is 2.86. The average molecular weight is 295 g/mol. The lowest BCUT2D eigenvalue weighted by molar-refractivity contribution is 0.249. The van der Waals surface area contributed by atoms with Crippen LogP contribution in [0.25, 0.3) is 10.8 Å². The number of fused-ring (bicyclic) bond motifs is 1. The predicted octanol–water partition coefficient (Wildman–Crippen LogP) is 3.75. The first-order chi connectivity index (χ1) is 10.7. The van der Waals surface area contributed by atoms with Gasteiger partial charge >= 0.3 is 0 Å². The van der Waals surface area contributed by atoms with Crippen molar-refractivity contribution >= 4 is 10.8 Å². The maximum absolute atomic E-state index is 13.0. The normalized spacial score (nSPS) is 14.0. The molecule has 0 aliphatic carbocycles. The Balaban J connectivity index is 1.96. The minimum Gasteiger partial charge on any atom is -0.396 e. The summed E-state index contributed by atoms with van der Waals surface area (Å²) < 4.78 is 13.0. The molecule has 3 N–H and O–H groups in total. The van der Waals surface area contributed by atoms with Gasteiger partial charge in [-0.3, -0.25) is 0 Å². The van der Waals surface area contributed by atoms with Crippen LogP contribution in [-0.4, -0.2) is 11.7 Å². The van der Waals surface area contributed by atoms with E-state index >= 15 is 0 Å². The summed E-state index contributed by atoms with van der Waals surface area (Å²) in [5, 5.41) is 12.1. The zero-order valence-electron chi connectivity index (χ0n) is 12.1. The molecule has 0 aromatic heterocycles. The molecule has 0 aliphatic heterocycles. The molecule has 0 spiro atoms. The average Bonchev–Trinajstić information content (AvgIpc) is 2.56. The molecule has 2 nitrogen and oxygen atoms in total. The van der Waals surface area contributed by atoms with Gasteiger partial charge in [-0.25, -0.2) is 4.39 Å². The van der Waals surface area contributed by atoms with E-state index in [1.807, 2.05) is 36.4 Å². The maximum Gasteiger partial charge on any atom is 0.123 e. The van der Waals surface area contributed by atoms with Gasteiger partial charge in [0.15, 0.2) is 0 Å². The largest absolute Gasteiger partial charge is 0.396 e. The van der Waals surface area contributed by atoms with E-state index in [-0.39, 0.29) is 24.4 Å². The number of halogens is 1. The van der Waals surface area contributed by atoms with Gasteiger partial charge in [0.1, 0.15) is 5.82 Å². The van der Waals surface area contributed by atoms with Crippen molar-refractivity contribution in [3.63, 3.8) is 0 Å². The van der Waals surface area contributed by atoms with Gasteiger partial charge in [0.2, 0.25) is 0 Å². The fourth-order valence-corrected chi connectivity index (χ4v) is 2.78. The Hall–Kier alpha value is -2.23. The Labute approximate surface area is 129 Å². The van der Waals surface area contributed by atoms with Gasteiger partial charge in [-0.2, -0.15) is 0 Å². The first-order valence-electron chi connectivity index (χ1n) is 7.29. The van der Waals surface area contributed by atoms with E-state index in [0.717, 1.165) is 21.9 Å². The van der Waals surface area contributed by atoms with E-state index < -0.39 is 0 Å². The fourth-order valence-electron chi connectivity index (χ4n) is 2.78. The fraction of sp³-hybridized carbons (Fsp3) is 0.158. The maximum atomic E-state index is 13.0. The van der Waals surface area contributed by atoms with Crippen LogP contribution in [0.15, 0.2) is 66.7 Å². The van der Waals surface area contributed by atoms with Gasteiger partial charge < -0.3 is 10.8 Å². The molecule has 0 aliphatic rings. The lowest BCUT2D eigenvalue weighted by Crippen LogP contribution is -2.22. The van der Waals surface area contributed by atoms with E-state index in [4.69, 9.17) is 5.73 Å². The number of nitrogens with two attached hydrogens (primary N) is 1. The van der Waals surface area contributed by atoms with Crippen molar-refractivity contribution in [2.24, 2.45) is 5.73 Å². The molecular weight excluding hydrogens is 277 g/mol. The highest BCUT2D eigenvalue weighted by Gasteiger charge is 2.21. The van der Waals surface area contributed by atoms with Crippen LogP contribution in [0.1, 0.15) is 23.1 Å². The number of aliphatic hydroxyl groups excluding tert-OH is 1. The topological polar surface area (TPSA) is 46.2 Å². The van der Waals surface area contributed by atoms with E-state index in [1.165, 1.54) is 12.1 Å². The van der Waals surface area contributed by atoms with E-state index in [0.29, 0.717) is 0 Å². The predicted molar refractivity (Wildman–Crippen MR) is 87.1 cm³/mol. The van der Waals surface area contributed by atoms with Crippen molar-refractivity contribution in [1.29, 1.82) is 0 Å². The third-order valence-corrected chi connectivity index (χ3v) is 4.09. The standard InChI is InChI=1S/C19H18FNO/c20-17-9-7-14(8-10-17)19(21)18(12-22)16-6-5-13-3-1-2-4-15(13)11-16/h1-11,18-19,22H,12,21H2. The molecule has 0 saturated heterocycles. The minimum atomic E-state index is -0.383. The Morgan fingerprint density at radius 2 is 1.50 bits per heavy atom. The van der Waals surface area contributed by atoms with Crippen LogP contribution in [0.4, 0.5) is 4.39 Å². The van der Waals surface area contributed by atoms with Crippen LogP contribution in [0.2, 0.25) is 0 Å². The molecule has 3 rings (SSSR count). The molecule has 0 radical (unpaired) electrons. The second kappa shape index (κ2) is 6.26. The van der Waals surface area contributed by atoms with Crippen molar-refractivity contribution in [3.05, 3.63) is 83.7 Å². The zero-order chi connectivity index (χ0) is 15.5. The van der Waals surface area contributed by atoms with E-state index in [9.17, 15) is 9.50 Å². The second-order valence-corrected chi connectivity index (χ2v) is 5.47. The van der Waals surface area contributed by atoms with Crippen LogP contribution >= 0.6 is 0 Å². The van der Waals surface area contributed by atoms with Gasteiger partial charge in [0.05, 0.1) is 6.61 Å². The number of aliphatic hydroxyl groups is 1. The van der Waals surface area contributed by atoms with Crippen molar-refractivity contribution in [2.75, 3.05) is 6.61 Å². The lowest BCUT2D eigenvalue weighted by atomic mass is 9.87. The first kappa shape index (κ1) is 14.7. The molecule has 3 aromatic rings. The molecule has 3 aromatic carbocycles. The molecule has 0 heterocycles. The van der Waals surface area contributed by atoms with Crippen molar-refractivity contribution in [3.8, 4) is 0 Å². The molecule has 2 atom stereocenters. The second-order valence-electron chi connectivity index (χ2n) is 5.47. The highest BCUT2D eigenvalue weighted by molar-refractivity contribution is 5.83. The molecular formula is C19H18FNO. The molecule has 0 amide bonds. The molecule has 0 fully saturated rings. The van der Waals surface area contributed by atoms with Crippen molar-refractivity contribution in [2.45, 2.75) is 12.0 Å². The van der Waals surface area contributed by atoms with Crippen LogP contribution in [0, 0.1) is 5.82 Å². The van der Waals surface area contributed by atoms with Gasteiger partial charge in [0.25, 0.3) is 0 Å². The van der Waals surface area contributed by atoms with Crippen LogP contribution in [-0.2, 0) is 0 Å². The molecule has 112 valence electrons. The highest BCUT2D eigenvalue weighted by Crippen LogP contribution is 2.30. The Bertz CT molecular complexity index is 770. The molecule has 3 heteroatoms. The summed E-state index contributed by atoms with van der Waals surface area (Å²) in [5.74, 6) is -0.516. The number of benzene rings is 3. The number of rotatable bonds is 4. The first-order valence-corrected chi connectivity index (χ1v) is 7.29. The summed E-state index contributed by atoms with van der Waals surface area (Å²) in [5.41, 5.74) is 8.09. The van der Waals surface area contributed by atoms with Gasteiger partial charge in [0, 0.05) is 12.0 Å². The zero-order valence-corrected chi connectivity index (χ0v) is 12.1. The van der Waals surface area contributed by atoms with Crippen molar-refractivity contribution in [1.82, 2.24) is 0 Å². The SMILES string of the molecule is NC(c1ccc(F)cc1)C(CO)c1ccc2ccccc2c1. The summed E-state index contributed by atoms with van der Waals surface area (Å²) in [7, 11) is 0. The third-order valence-electron chi connectivity index (χ3n) is 4.09. The van der Waals surface area contributed by atoms with Crippen LogP contribution < -0.4 is 5.73 Å². The molecule has 22 heavy (non-hydrogen) atoms. The van der Waals surface area contributed by atoms with Crippen LogP contribution in [0.3, 0.4) is 0 Å². The van der Waals surface area contributed by atoms with Gasteiger partial charge in [-0.1, -0.05) is 54.6 Å². The monoisotopic (exact) mass is 295 g/mol. The lowest BCUT2D eigenvalue weighted by Gasteiger charge is -2.23. The summed E-state index contributed by atoms with van der Waals surface area (Å²) in [6, 6.07) is 19.9. The smallest absolute Gasteiger partial charge is 0.123 e. The Morgan fingerprint density at radius 3 is 2.18 bits per heavy atom. The van der Waals surface area contributed by atoms with Gasteiger partial charge in [-0.05, 0) is 34.0 Å². The number of hydrogen-bond donors (Lipinski definition) is 2. The summed E-state index contributed by atoms with van der Waals surface area (Å²) in [6.45, 7) is -0.0586. The quantitative estimate of drug-likeness (QED) is 0.770. The molecule has 0 saturated carbocycles. The minimum absolute atomic E-state index is 0.0586. The summed E-state index contributed by atoms with van der Waals surface area (Å²) in [4.78, 5) is 0. The van der Waals surface area contributed by atoms with Crippen LogP contribution in [0.5, 0.6) is 0 Å². The van der Waals surface area contributed by atoms with Crippen molar-refractivity contribution < 1.29 is 9.50 Å². The molecule has 0 bridgehead atoms. The van der Waals surface area contributed by atoms with E-state index in [2.05, 4.69) is 6.07 Å². The molecule has 2 unspecified atom stereocenters. The summed E-state index contributed by atoms with van der Waals surface area (Å²) in [6.07, 6.45) is 0. The summed E-state index contributed by atoms with van der Waals surface area (Å²) >= 11 is 0. The van der Waals surface area contributed by atoms with Gasteiger partial charge in [-0.15, -0.1) is 0 Å². The highest BCUT2D eigenvalue weighted by atomic mass is 19.1. The Kier molecular flexibility index (Phi) is 4.18.